The zero-order valence-electron chi connectivity index (χ0n) is 18.1. The molecule has 2 unspecified atom stereocenters. The van der Waals surface area contributed by atoms with Crippen molar-refractivity contribution in [2.24, 2.45) is 0 Å². The molecule has 33 heavy (non-hydrogen) atoms. The number of amides is 2. The lowest BCUT2D eigenvalue weighted by Gasteiger charge is -2.45. The number of anilines is 1. The molecule has 0 aromatic heterocycles. The average molecular weight is 454 g/mol. The lowest BCUT2D eigenvalue weighted by Crippen LogP contribution is -2.57. The number of ether oxygens (including phenoxy) is 4. The molecular weight excluding hydrogens is 428 g/mol. The van der Waals surface area contributed by atoms with Gasteiger partial charge in [0, 0.05) is 30.5 Å². The first kappa shape index (κ1) is 21.7. The zero-order valence-corrected chi connectivity index (χ0v) is 18.1. The molecular formula is C24H26N2O7. The molecule has 3 aliphatic heterocycles. The number of fused-ring (bicyclic) bond motifs is 1. The van der Waals surface area contributed by atoms with Crippen LogP contribution in [0.3, 0.4) is 0 Å². The van der Waals surface area contributed by atoms with E-state index in [2.05, 4.69) is 5.32 Å². The molecule has 3 heterocycles. The molecule has 2 fully saturated rings. The van der Waals surface area contributed by atoms with Crippen LogP contribution in [0.15, 0.2) is 42.5 Å². The van der Waals surface area contributed by atoms with Crippen molar-refractivity contribution in [2.45, 2.75) is 31.0 Å². The molecule has 9 nitrogen and oxygen atoms in total. The van der Waals surface area contributed by atoms with Gasteiger partial charge in [0.15, 0.2) is 11.5 Å². The molecule has 2 aromatic rings. The van der Waals surface area contributed by atoms with E-state index in [-0.39, 0.29) is 37.9 Å². The van der Waals surface area contributed by atoms with Crippen LogP contribution in [0.5, 0.6) is 11.5 Å². The highest BCUT2D eigenvalue weighted by atomic mass is 16.7. The average Bonchev–Trinajstić information content (AvgIpc) is 3.33. The Kier molecular flexibility index (Phi) is 6.17. The molecule has 5 rings (SSSR count). The monoisotopic (exact) mass is 454 g/mol. The largest absolute Gasteiger partial charge is 0.454 e. The van der Waals surface area contributed by atoms with E-state index in [0.29, 0.717) is 36.0 Å². The summed E-state index contributed by atoms with van der Waals surface area (Å²) >= 11 is 0. The van der Waals surface area contributed by atoms with E-state index in [1.807, 2.05) is 12.1 Å². The first-order valence-electron chi connectivity index (χ1n) is 11.1. The Hall–Kier alpha value is -3.14. The minimum absolute atomic E-state index is 0.0267. The number of nitrogens with one attached hydrogen (secondary N) is 1. The van der Waals surface area contributed by atoms with Gasteiger partial charge in [-0.15, -0.1) is 0 Å². The number of carbonyl (C=O) groups excluding carboxylic acids is 2. The van der Waals surface area contributed by atoms with Gasteiger partial charge in [-0.2, -0.15) is 0 Å². The molecule has 0 spiro atoms. The SMILES string of the molecule is O=C(Nc1ccc(C2OCC(=O)N(C3CCOCC3)C2CO)cc1)c1ccc2c(c1)OCO2. The third-order valence-corrected chi connectivity index (χ3v) is 6.28. The molecule has 2 N–H and O–H groups in total. The fraction of sp³-hybridized carbons (Fsp3) is 0.417. The lowest BCUT2D eigenvalue weighted by molar-refractivity contribution is -0.168. The topological polar surface area (TPSA) is 107 Å². The maximum atomic E-state index is 12.6. The Morgan fingerprint density at radius 3 is 2.58 bits per heavy atom. The number of aliphatic hydroxyl groups excluding tert-OH is 1. The Morgan fingerprint density at radius 2 is 1.82 bits per heavy atom. The second kappa shape index (κ2) is 9.38. The summed E-state index contributed by atoms with van der Waals surface area (Å²) in [6.07, 6.45) is 1.05. The summed E-state index contributed by atoms with van der Waals surface area (Å²) in [4.78, 5) is 27.0. The summed E-state index contributed by atoms with van der Waals surface area (Å²) < 4.78 is 21.9. The van der Waals surface area contributed by atoms with E-state index in [0.717, 1.165) is 18.4 Å². The molecule has 2 amide bonds. The minimum atomic E-state index is -0.469. The van der Waals surface area contributed by atoms with Crippen molar-refractivity contribution in [1.82, 2.24) is 4.90 Å². The molecule has 9 heteroatoms. The highest BCUT2D eigenvalue weighted by Crippen LogP contribution is 2.34. The highest BCUT2D eigenvalue weighted by molar-refractivity contribution is 6.04. The van der Waals surface area contributed by atoms with Crippen LogP contribution in [0, 0.1) is 0 Å². The third kappa shape index (κ3) is 4.39. The van der Waals surface area contributed by atoms with Crippen molar-refractivity contribution in [3.8, 4) is 11.5 Å². The highest BCUT2D eigenvalue weighted by Gasteiger charge is 2.41. The number of morpholine rings is 1. The summed E-state index contributed by atoms with van der Waals surface area (Å²) in [5, 5.41) is 13.0. The van der Waals surface area contributed by atoms with Gasteiger partial charge in [0.2, 0.25) is 12.7 Å². The van der Waals surface area contributed by atoms with Crippen molar-refractivity contribution < 1.29 is 33.6 Å². The summed E-state index contributed by atoms with van der Waals surface area (Å²) in [5.41, 5.74) is 1.92. The number of nitrogens with zero attached hydrogens (tertiary/aromatic N) is 1. The van der Waals surface area contributed by atoms with Gasteiger partial charge < -0.3 is 34.3 Å². The Balaban J connectivity index is 1.29. The number of benzene rings is 2. The number of hydrogen-bond acceptors (Lipinski definition) is 7. The zero-order chi connectivity index (χ0) is 22.8. The van der Waals surface area contributed by atoms with Crippen molar-refractivity contribution in [2.75, 3.05) is 38.5 Å². The fourth-order valence-electron chi connectivity index (χ4n) is 4.61. The molecule has 0 radical (unpaired) electrons. The van der Waals surface area contributed by atoms with Gasteiger partial charge in [-0.3, -0.25) is 9.59 Å². The molecule has 0 saturated carbocycles. The first-order valence-corrected chi connectivity index (χ1v) is 11.1. The van der Waals surface area contributed by atoms with Crippen LogP contribution in [0.25, 0.3) is 0 Å². The maximum absolute atomic E-state index is 12.6. The molecule has 0 aliphatic carbocycles. The summed E-state index contributed by atoms with van der Waals surface area (Å²) in [5.74, 6) is 0.797. The van der Waals surface area contributed by atoms with Crippen molar-refractivity contribution in [1.29, 1.82) is 0 Å². The summed E-state index contributed by atoms with van der Waals surface area (Å²) in [6, 6.07) is 11.9. The standard InChI is InChI=1S/C24H26N2O7/c27-12-19-23(31-13-22(28)26(19)18-7-9-30-10-8-18)15-1-4-17(5-2-15)25-24(29)16-3-6-20-21(11-16)33-14-32-20/h1-6,11,18-19,23,27H,7-10,12-14H2,(H,25,29). The second-order valence-electron chi connectivity index (χ2n) is 8.27. The summed E-state index contributed by atoms with van der Waals surface area (Å²) in [6.45, 7) is 1.14. The molecule has 2 saturated heterocycles. The molecule has 174 valence electrons. The van der Waals surface area contributed by atoms with Gasteiger partial charge in [0.25, 0.3) is 5.91 Å². The Morgan fingerprint density at radius 1 is 1.06 bits per heavy atom. The third-order valence-electron chi connectivity index (χ3n) is 6.28. The Labute approximate surface area is 191 Å². The number of carbonyl (C=O) groups is 2. The van der Waals surface area contributed by atoms with Crippen LogP contribution in [-0.2, 0) is 14.3 Å². The first-order chi connectivity index (χ1) is 16.1. The van der Waals surface area contributed by atoms with Crippen molar-refractivity contribution in [3.05, 3.63) is 53.6 Å². The Bertz CT molecular complexity index is 1020. The molecule has 2 aromatic carbocycles. The van der Waals surface area contributed by atoms with E-state index in [1.54, 1.807) is 35.2 Å². The van der Waals surface area contributed by atoms with Gasteiger partial charge >= 0.3 is 0 Å². The van der Waals surface area contributed by atoms with E-state index in [9.17, 15) is 14.7 Å². The molecule has 0 bridgehead atoms. The fourth-order valence-corrected chi connectivity index (χ4v) is 4.61. The number of rotatable bonds is 5. The molecule has 2 atom stereocenters. The van der Waals surface area contributed by atoms with Gasteiger partial charge in [-0.25, -0.2) is 0 Å². The van der Waals surface area contributed by atoms with Crippen LogP contribution < -0.4 is 14.8 Å². The van der Waals surface area contributed by atoms with Crippen LogP contribution in [0.2, 0.25) is 0 Å². The van der Waals surface area contributed by atoms with Gasteiger partial charge in [0.1, 0.15) is 12.7 Å². The van der Waals surface area contributed by atoms with Crippen LogP contribution in [0.4, 0.5) is 5.69 Å². The predicted octanol–water partition coefficient (Wildman–Crippen LogP) is 2.11. The minimum Gasteiger partial charge on any atom is -0.454 e. The van der Waals surface area contributed by atoms with E-state index in [4.69, 9.17) is 18.9 Å². The predicted molar refractivity (Wildman–Crippen MR) is 117 cm³/mol. The van der Waals surface area contributed by atoms with Crippen molar-refractivity contribution >= 4 is 17.5 Å². The van der Waals surface area contributed by atoms with Gasteiger partial charge in [-0.1, -0.05) is 12.1 Å². The van der Waals surface area contributed by atoms with Gasteiger partial charge in [0.05, 0.1) is 12.6 Å². The van der Waals surface area contributed by atoms with Crippen molar-refractivity contribution in [3.63, 3.8) is 0 Å². The van der Waals surface area contributed by atoms with Gasteiger partial charge in [-0.05, 0) is 48.7 Å². The summed E-state index contributed by atoms with van der Waals surface area (Å²) in [7, 11) is 0. The van der Waals surface area contributed by atoms with Crippen LogP contribution in [0.1, 0.15) is 34.9 Å². The quantitative estimate of drug-likeness (QED) is 0.713. The number of hydrogen-bond donors (Lipinski definition) is 2. The van der Waals surface area contributed by atoms with E-state index >= 15 is 0 Å². The van der Waals surface area contributed by atoms with Crippen LogP contribution >= 0.6 is 0 Å². The van der Waals surface area contributed by atoms with Crippen LogP contribution in [-0.4, -0.2) is 67.1 Å². The maximum Gasteiger partial charge on any atom is 0.255 e. The smallest absolute Gasteiger partial charge is 0.255 e. The normalized spacial score (nSPS) is 22.9. The number of aliphatic hydroxyl groups is 1. The van der Waals surface area contributed by atoms with E-state index < -0.39 is 12.1 Å². The lowest BCUT2D eigenvalue weighted by atomic mass is 9.95. The second-order valence-corrected chi connectivity index (χ2v) is 8.27. The van der Waals surface area contributed by atoms with E-state index in [1.165, 1.54) is 0 Å². The molecule has 3 aliphatic rings.